The van der Waals surface area contributed by atoms with Crippen molar-refractivity contribution in [2.75, 3.05) is 5.32 Å². The van der Waals surface area contributed by atoms with Gasteiger partial charge in [-0.2, -0.15) is 0 Å². The Morgan fingerprint density at radius 2 is 1.52 bits per heavy atom. The van der Waals surface area contributed by atoms with Gasteiger partial charge in [0.15, 0.2) is 0 Å². The van der Waals surface area contributed by atoms with Crippen LogP contribution in [0.1, 0.15) is 26.5 Å². The smallest absolute Gasteiger partial charge is 0.255 e. The van der Waals surface area contributed by atoms with Crippen LogP contribution in [0.3, 0.4) is 0 Å². The van der Waals surface area contributed by atoms with E-state index in [-0.39, 0.29) is 17.6 Å². The van der Waals surface area contributed by atoms with Crippen molar-refractivity contribution < 1.29 is 18.4 Å². The van der Waals surface area contributed by atoms with Crippen LogP contribution in [-0.4, -0.2) is 11.8 Å². The SMILES string of the molecule is O=C(NCc1ccco1)c1ccc(C(=O)Nc2ccc(F)cc2)cc1. The van der Waals surface area contributed by atoms with Crippen molar-refractivity contribution >= 4 is 17.5 Å². The van der Waals surface area contributed by atoms with Gasteiger partial charge in [-0.3, -0.25) is 9.59 Å². The molecule has 0 aliphatic heterocycles. The van der Waals surface area contributed by atoms with E-state index in [0.29, 0.717) is 29.1 Å². The first-order valence-electron chi connectivity index (χ1n) is 7.59. The normalized spacial score (nSPS) is 10.3. The highest BCUT2D eigenvalue weighted by atomic mass is 19.1. The van der Waals surface area contributed by atoms with Crippen molar-refractivity contribution in [3.63, 3.8) is 0 Å². The molecule has 0 fully saturated rings. The van der Waals surface area contributed by atoms with Crippen molar-refractivity contribution in [2.45, 2.75) is 6.54 Å². The predicted octanol–water partition coefficient (Wildman–Crippen LogP) is 3.60. The number of hydrogen-bond acceptors (Lipinski definition) is 3. The number of halogens is 1. The number of rotatable bonds is 5. The van der Waals surface area contributed by atoms with Crippen LogP contribution in [-0.2, 0) is 6.54 Å². The van der Waals surface area contributed by atoms with Gasteiger partial charge in [-0.15, -0.1) is 0 Å². The number of furan rings is 1. The van der Waals surface area contributed by atoms with Gasteiger partial charge >= 0.3 is 0 Å². The van der Waals surface area contributed by atoms with Crippen LogP contribution >= 0.6 is 0 Å². The second kappa shape index (κ2) is 7.44. The van der Waals surface area contributed by atoms with Crippen LogP contribution in [0.25, 0.3) is 0 Å². The minimum Gasteiger partial charge on any atom is -0.467 e. The van der Waals surface area contributed by atoms with Gasteiger partial charge in [0.05, 0.1) is 12.8 Å². The molecule has 3 rings (SSSR count). The van der Waals surface area contributed by atoms with E-state index in [1.54, 1.807) is 36.4 Å². The predicted molar refractivity (Wildman–Crippen MR) is 90.7 cm³/mol. The Morgan fingerprint density at radius 3 is 2.12 bits per heavy atom. The number of nitrogens with one attached hydrogen (secondary N) is 2. The van der Waals surface area contributed by atoms with Gasteiger partial charge in [0.2, 0.25) is 0 Å². The van der Waals surface area contributed by atoms with Gasteiger partial charge in [0, 0.05) is 16.8 Å². The minimum atomic E-state index is -0.372. The van der Waals surface area contributed by atoms with E-state index in [9.17, 15) is 14.0 Å². The monoisotopic (exact) mass is 338 g/mol. The third-order valence-electron chi connectivity index (χ3n) is 3.51. The van der Waals surface area contributed by atoms with Crippen LogP contribution in [0.15, 0.2) is 71.3 Å². The Morgan fingerprint density at radius 1 is 0.880 bits per heavy atom. The van der Waals surface area contributed by atoms with E-state index in [1.807, 2.05) is 0 Å². The molecule has 5 nitrogen and oxygen atoms in total. The Kier molecular flexibility index (Phi) is 4.89. The van der Waals surface area contributed by atoms with Gasteiger partial charge in [0.25, 0.3) is 11.8 Å². The number of hydrogen-bond donors (Lipinski definition) is 2. The third-order valence-corrected chi connectivity index (χ3v) is 3.51. The maximum absolute atomic E-state index is 12.9. The standard InChI is InChI=1S/C19H15FN2O3/c20-15-7-9-16(10-8-15)22-19(24)14-5-3-13(4-6-14)18(23)21-12-17-2-1-11-25-17/h1-11H,12H2,(H,21,23)(H,22,24). The molecule has 0 bridgehead atoms. The number of anilines is 1. The topological polar surface area (TPSA) is 71.3 Å². The van der Waals surface area contributed by atoms with E-state index in [1.165, 1.54) is 30.5 Å². The highest BCUT2D eigenvalue weighted by Gasteiger charge is 2.10. The number of benzene rings is 2. The molecule has 2 N–H and O–H groups in total. The summed E-state index contributed by atoms with van der Waals surface area (Å²) in [5, 5.41) is 5.39. The molecule has 0 aliphatic rings. The van der Waals surface area contributed by atoms with Gasteiger partial charge in [-0.1, -0.05) is 0 Å². The number of carbonyl (C=O) groups excluding carboxylic acids is 2. The van der Waals surface area contributed by atoms with Crippen molar-refractivity contribution in [3.8, 4) is 0 Å². The molecule has 25 heavy (non-hydrogen) atoms. The molecule has 0 spiro atoms. The maximum Gasteiger partial charge on any atom is 0.255 e. The molecule has 0 aliphatic carbocycles. The molecule has 1 aromatic heterocycles. The van der Waals surface area contributed by atoms with Crippen molar-refractivity contribution in [3.05, 3.63) is 89.6 Å². The maximum atomic E-state index is 12.9. The zero-order chi connectivity index (χ0) is 17.6. The van der Waals surface area contributed by atoms with Crippen molar-refractivity contribution in [1.29, 1.82) is 0 Å². The summed E-state index contributed by atoms with van der Waals surface area (Å²) in [5.74, 6) is -0.317. The van der Waals surface area contributed by atoms with E-state index in [0.717, 1.165) is 0 Å². The first-order chi connectivity index (χ1) is 12.1. The van der Waals surface area contributed by atoms with Gasteiger partial charge < -0.3 is 15.1 Å². The molecule has 0 saturated carbocycles. The lowest BCUT2D eigenvalue weighted by Gasteiger charge is -2.07. The lowest BCUT2D eigenvalue weighted by molar-refractivity contribution is 0.0946. The fourth-order valence-corrected chi connectivity index (χ4v) is 2.19. The van der Waals surface area contributed by atoms with E-state index >= 15 is 0 Å². The lowest BCUT2D eigenvalue weighted by atomic mass is 10.1. The lowest BCUT2D eigenvalue weighted by Crippen LogP contribution is -2.22. The molecule has 6 heteroatoms. The summed E-state index contributed by atoms with van der Waals surface area (Å²) < 4.78 is 18.0. The average molecular weight is 338 g/mol. The van der Waals surface area contributed by atoms with Gasteiger partial charge in [0.1, 0.15) is 11.6 Å². The largest absolute Gasteiger partial charge is 0.467 e. The van der Waals surface area contributed by atoms with E-state index in [2.05, 4.69) is 10.6 Å². The van der Waals surface area contributed by atoms with Crippen LogP contribution in [0.5, 0.6) is 0 Å². The third kappa shape index (κ3) is 4.32. The minimum absolute atomic E-state index is 0.262. The molecule has 3 aromatic rings. The Hall–Kier alpha value is -3.41. The molecule has 0 saturated heterocycles. The second-order valence-corrected chi connectivity index (χ2v) is 5.30. The first kappa shape index (κ1) is 16.4. The molecule has 2 amide bonds. The molecule has 2 aromatic carbocycles. The number of carbonyl (C=O) groups is 2. The van der Waals surface area contributed by atoms with Crippen molar-refractivity contribution in [1.82, 2.24) is 5.32 Å². The first-order valence-corrected chi connectivity index (χ1v) is 7.59. The summed E-state index contributed by atoms with van der Waals surface area (Å²) in [4.78, 5) is 24.2. The Balaban J connectivity index is 1.60. The summed E-state index contributed by atoms with van der Waals surface area (Å²) in [5.41, 5.74) is 1.32. The molecular formula is C19H15FN2O3. The molecule has 0 unspecified atom stereocenters. The zero-order valence-corrected chi connectivity index (χ0v) is 13.2. The summed E-state index contributed by atoms with van der Waals surface area (Å²) in [6.45, 7) is 0.290. The van der Waals surface area contributed by atoms with Crippen LogP contribution in [0, 0.1) is 5.82 Å². The molecular weight excluding hydrogens is 323 g/mol. The summed E-state index contributed by atoms with van der Waals surface area (Å²) in [6.07, 6.45) is 1.54. The second-order valence-electron chi connectivity index (χ2n) is 5.30. The highest BCUT2D eigenvalue weighted by molar-refractivity contribution is 6.05. The van der Waals surface area contributed by atoms with Gasteiger partial charge in [-0.25, -0.2) is 4.39 Å². The van der Waals surface area contributed by atoms with Crippen LogP contribution in [0.2, 0.25) is 0 Å². The van der Waals surface area contributed by atoms with Crippen LogP contribution in [0.4, 0.5) is 10.1 Å². The highest BCUT2D eigenvalue weighted by Crippen LogP contribution is 2.11. The number of amides is 2. The molecule has 1 heterocycles. The van der Waals surface area contributed by atoms with Crippen LogP contribution < -0.4 is 10.6 Å². The summed E-state index contributed by atoms with van der Waals surface area (Å²) >= 11 is 0. The Bertz CT molecular complexity index is 857. The molecule has 0 atom stereocenters. The summed E-state index contributed by atoms with van der Waals surface area (Å²) in [6, 6.07) is 15.2. The quantitative estimate of drug-likeness (QED) is 0.747. The Labute approximate surface area is 143 Å². The van der Waals surface area contributed by atoms with Gasteiger partial charge in [-0.05, 0) is 60.7 Å². The average Bonchev–Trinajstić information content (AvgIpc) is 3.15. The van der Waals surface area contributed by atoms with E-state index < -0.39 is 0 Å². The molecule has 126 valence electrons. The fraction of sp³-hybridized carbons (Fsp3) is 0.0526. The van der Waals surface area contributed by atoms with E-state index in [4.69, 9.17) is 4.42 Å². The summed E-state index contributed by atoms with van der Waals surface area (Å²) in [7, 11) is 0. The van der Waals surface area contributed by atoms with Crippen molar-refractivity contribution in [2.24, 2.45) is 0 Å². The fourth-order valence-electron chi connectivity index (χ4n) is 2.19. The molecule has 0 radical (unpaired) electrons. The zero-order valence-electron chi connectivity index (χ0n) is 13.2.